The fraction of sp³-hybridized carbons (Fsp3) is 0.267. The highest BCUT2D eigenvalue weighted by molar-refractivity contribution is 5.96. The summed E-state index contributed by atoms with van der Waals surface area (Å²) in [4.78, 5) is 12.2. The molecule has 7 nitrogen and oxygen atoms in total. The Morgan fingerprint density at radius 3 is 2.86 bits per heavy atom. The van der Waals surface area contributed by atoms with E-state index >= 15 is 0 Å². The molecule has 1 aromatic carbocycles. The number of aryl methyl sites for hydroxylation is 1. The van der Waals surface area contributed by atoms with Gasteiger partial charge in [-0.25, -0.2) is 0 Å². The van der Waals surface area contributed by atoms with Crippen LogP contribution in [-0.2, 0) is 11.3 Å². The number of benzene rings is 1. The number of anilines is 2. The summed E-state index contributed by atoms with van der Waals surface area (Å²) in [6.07, 6.45) is 2.98. The van der Waals surface area contributed by atoms with Gasteiger partial charge in [0.1, 0.15) is 0 Å². The number of aliphatic hydroxyl groups is 1. The van der Waals surface area contributed by atoms with Gasteiger partial charge in [-0.1, -0.05) is 0 Å². The number of nitrogen functional groups attached to an aromatic ring is 1. The minimum Gasteiger partial charge on any atom is -0.396 e. The van der Waals surface area contributed by atoms with Gasteiger partial charge < -0.3 is 16.2 Å². The van der Waals surface area contributed by atoms with E-state index in [1.165, 1.54) is 24.0 Å². The molecule has 0 saturated carbocycles. The van der Waals surface area contributed by atoms with E-state index in [1.54, 1.807) is 25.1 Å². The highest BCUT2D eigenvalue weighted by Crippen LogP contribution is 2.17. The molecule has 2 rings (SSSR count). The molecule has 1 amide bonds. The van der Waals surface area contributed by atoms with Crippen molar-refractivity contribution in [3.63, 3.8) is 0 Å². The van der Waals surface area contributed by atoms with Crippen LogP contribution < -0.4 is 11.1 Å². The van der Waals surface area contributed by atoms with E-state index < -0.39 is 11.5 Å². The maximum atomic E-state index is 12.2. The maximum Gasteiger partial charge on any atom is 0.257 e. The van der Waals surface area contributed by atoms with Gasteiger partial charge in [-0.15, -0.1) is 0 Å². The molecule has 0 saturated heterocycles. The lowest BCUT2D eigenvalue weighted by atomic mass is 10.1. The molecule has 0 aliphatic carbocycles. The average Bonchev–Trinajstić information content (AvgIpc) is 2.83. The molecule has 0 fully saturated rings. The highest BCUT2D eigenvalue weighted by Gasteiger charge is 2.31. The van der Waals surface area contributed by atoms with Crippen molar-refractivity contribution >= 4 is 17.3 Å². The summed E-state index contributed by atoms with van der Waals surface area (Å²) in [5, 5.41) is 25.8. The summed E-state index contributed by atoms with van der Waals surface area (Å²) in [7, 11) is 0. The molecule has 114 valence electrons. The minimum absolute atomic E-state index is 0.0225. The van der Waals surface area contributed by atoms with Crippen LogP contribution in [0.15, 0.2) is 30.6 Å². The first-order valence-corrected chi connectivity index (χ1v) is 6.64. The molecule has 1 unspecified atom stereocenters. The third-order valence-corrected chi connectivity index (χ3v) is 3.22. The number of nitriles is 1. The normalized spacial score (nSPS) is 13.2. The summed E-state index contributed by atoms with van der Waals surface area (Å²) < 4.78 is 1.40. The molecule has 0 radical (unpaired) electrons. The molecule has 0 aliphatic rings. The van der Waals surface area contributed by atoms with Gasteiger partial charge >= 0.3 is 0 Å². The predicted molar refractivity (Wildman–Crippen MR) is 81.8 cm³/mol. The van der Waals surface area contributed by atoms with Crippen LogP contribution in [0.25, 0.3) is 0 Å². The van der Waals surface area contributed by atoms with Crippen molar-refractivity contribution in [2.75, 3.05) is 11.1 Å². The number of carbonyl (C=O) groups is 1. The first kappa shape index (κ1) is 15.5. The van der Waals surface area contributed by atoms with Crippen molar-refractivity contribution < 1.29 is 9.90 Å². The Morgan fingerprint density at radius 1 is 1.59 bits per heavy atom. The third-order valence-electron chi connectivity index (χ3n) is 3.22. The van der Waals surface area contributed by atoms with E-state index in [0.29, 0.717) is 16.9 Å². The second-order valence-electron chi connectivity index (χ2n) is 5.34. The Bertz CT molecular complexity index is 743. The van der Waals surface area contributed by atoms with Crippen LogP contribution in [0.1, 0.15) is 18.1 Å². The molecule has 1 aromatic heterocycles. The molecule has 0 spiro atoms. The number of rotatable bonds is 4. The summed E-state index contributed by atoms with van der Waals surface area (Å²) in [6.45, 7) is 3.15. The first-order chi connectivity index (χ1) is 10.3. The second-order valence-corrected chi connectivity index (χ2v) is 5.34. The third kappa shape index (κ3) is 3.42. The van der Waals surface area contributed by atoms with Crippen LogP contribution in [0.4, 0.5) is 11.4 Å². The van der Waals surface area contributed by atoms with E-state index in [1.807, 2.05) is 0 Å². The Hall–Kier alpha value is -2.85. The number of hydrogen-bond donors (Lipinski definition) is 3. The molecular formula is C15H17N5O2. The minimum atomic E-state index is -1.65. The van der Waals surface area contributed by atoms with Gasteiger partial charge in [-0.05, 0) is 37.6 Å². The molecule has 7 heteroatoms. The molecule has 2 aromatic rings. The van der Waals surface area contributed by atoms with Crippen LogP contribution in [0.3, 0.4) is 0 Å². The zero-order chi connectivity index (χ0) is 16.3. The van der Waals surface area contributed by atoms with E-state index in [9.17, 15) is 9.90 Å². The van der Waals surface area contributed by atoms with Crippen LogP contribution in [0.5, 0.6) is 0 Å². The quantitative estimate of drug-likeness (QED) is 0.779. The fourth-order valence-corrected chi connectivity index (χ4v) is 1.99. The number of nitrogens with two attached hydrogens (primary N) is 1. The van der Waals surface area contributed by atoms with Gasteiger partial charge in [0.25, 0.3) is 5.91 Å². The van der Waals surface area contributed by atoms with Crippen LogP contribution in [0.2, 0.25) is 0 Å². The van der Waals surface area contributed by atoms with Crippen molar-refractivity contribution in [2.45, 2.75) is 26.0 Å². The van der Waals surface area contributed by atoms with Gasteiger partial charge in [0.05, 0.1) is 30.1 Å². The van der Waals surface area contributed by atoms with Crippen LogP contribution in [-0.4, -0.2) is 26.4 Å². The standard InChI is InChI=1S/C15H17N5O2/c1-10-5-13(4-3-11(10)6-16)19-14(21)15(2,22)9-20-8-12(17)7-18-20/h3-5,7-8,22H,9,17H2,1-2H3,(H,19,21). The molecule has 4 N–H and O–H groups in total. The lowest BCUT2D eigenvalue weighted by molar-refractivity contribution is -0.133. The van der Waals surface area contributed by atoms with Crippen LogP contribution in [0, 0.1) is 18.3 Å². The van der Waals surface area contributed by atoms with E-state index in [2.05, 4.69) is 16.5 Å². The molecule has 22 heavy (non-hydrogen) atoms. The Labute approximate surface area is 128 Å². The van der Waals surface area contributed by atoms with Gasteiger partial charge in [0.15, 0.2) is 5.60 Å². The zero-order valence-corrected chi connectivity index (χ0v) is 12.4. The topological polar surface area (TPSA) is 117 Å². The molecule has 0 aliphatic heterocycles. The summed E-state index contributed by atoms with van der Waals surface area (Å²) in [5.41, 5.74) is 6.16. The number of nitrogens with zero attached hydrogens (tertiary/aromatic N) is 3. The lowest BCUT2D eigenvalue weighted by Gasteiger charge is -2.22. The van der Waals surface area contributed by atoms with Gasteiger partial charge in [0, 0.05) is 11.9 Å². The molecular weight excluding hydrogens is 282 g/mol. The largest absolute Gasteiger partial charge is 0.396 e. The Balaban J connectivity index is 2.10. The smallest absolute Gasteiger partial charge is 0.257 e. The van der Waals surface area contributed by atoms with Crippen molar-refractivity contribution in [3.8, 4) is 6.07 Å². The lowest BCUT2D eigenvalue weighted by Crippen LogP contribution is -2.43. The SMILES string of the molecule is Cc1cc(NC(=O)C(C)(O)Cn2cc(N)cn2)ccc1C#N. The van der Waals surface area contributed by atoms with Crippen molar-refractivity contribution in [1.29, 1.82) is 5.26 Å². The van der Waals surface area contributed by atoms with Gasteiger partial charge in [-0.2, -0.15) is 10.4 Å². The second kappa shape index (κ2) is 5.87. The number of nitrogens with one attached hydrogen (secondary N) is 1. The average molecular weight is 299 g/mol. The van der Waals surface area contributed by atoms with E-state index in [4.69, 9.17) is 11.0 Å². The maximum absolute atomic E-state index is 12.2. The number of aromatic nitrogens is 2. The first-order valence-electron chi connectivity index (χ1n) is 6.64. The predicted octanol–water partition coefficient (Wildman–Crippen LogP) is 1.04. The highest BCUT2D eigenvalue weighted by atomic mass is 16.3. The van der Waals surface area contributed by atoms with Gasteiger partial charge in [-0.3, -0.25) is 9.48 Å². The van der Waals surface area contributed by atoms with Crippen molar-refractivity contribution in [1.82, 2.24) is 9.78 Å². The number of hydrogen-bond acceptors (Lipinski definition) is 5. The number of carbonyl (C=O) groups excluding carboxylic acids is 1. The van der Waals surface area contributed by atoms with Crippen molar-refractivity contribution in [2.24, 2.45) is 0 Å². The number of amides is 1. The fourth-order valence-electron chi connectivity index (χ4n) is 1.99. The van der Waals surface area contributed by atoms with Crippen LogP contribution >= 0.6 is 0 Å². The summed E-state index contributed by atoms with van der Waals surface area (Å²) in [5.74, 6) is -0.564. The zero-order valence-electron chi connectivity index (χ0n) is 12.4. The Morgan fingerprint density at radius 2 is 2.32 bits per heavy atom. The van der Waals surface area contributed by atoms with E-state index in [-0.39, 0.29) is 6.54 Å². The summed E-state index contributed by atoms with van der Waals surface area (Å²) >= 11 is 0. The monoisotopic (exact) mass is 299 g/mol. The van der Waals surface area contributed by atoms with Gasteiger partial charge in [0.2, 0.25) is 0 Å². The molecule has 1 heterocycles. The van der Waals surface area contributed by atoms with Crippen molar-refractivity contribution in [3.05, 3.63) is 41.7 Å². The summed E-state index contributed by atoms with van der Waals surface area (Å²) in [6, 6.07) is 6.97. The molecule has 1 atom stereocenters. The van der Waals surface area contributed by atoms with E-state index in [0.717, 1.165) is 5.56 Å². The molecule has 0 bridgehead atoms. The Kier molecular flexibility index (Phi) is 4.15.